The van der Waals surface area contributed by atoms with Crippen molar-refractivity contribution < 1.29 is 17.2 Å². The van der Waals surface area contributed by atoms with Gasteiger partial charge in [-0.3, -0.25) is 4.72 Å². The topological polar surface area (TPSA) is 126 Å². The molecule has 5 rings (SSSR count). The Morgan fingerprint density at radius 1 is 1.10 bits per heavy atom. The fourth-order valence-electron chi connectivity index (χ4n) is 3.03. The molecule has 0 saturated heterocycles. The number of anilines is 3. The van der Waals surface area contributed by atoms with E-state index in [0.29, 0.717) is 29.6 Å². The first-order valence-corrected chi connectivity index (χ1v) is 10.8. The zero-order chi connectivity index (χ0) is 21.6. The van der Waals surface area contributed by atoms with Crippen LogP contribution >= 0.6 is 0 Å². The maximum absolute atomic E-state index is 15.0. The maximum Gasteiger partial charge on any atom is 0.235 e. The predicted octanol–water partition coefficient (Wildman–Crippen LogP) is 3.34. The lowest BCUT2D eigenvalue weighted by molar-refractivity contribution is 0.588. The monoisotopic (exact) mass is 443 g/mol. The van der Waals surface area contributed by atoms with Gasteiger partial charge in [0.05, 0.1) is 29.0 Å². The molecule has 0 unspecified atom stereocenters. The molecule has 0 amide bonds. The number of rotatable bonds is 6. The number of nitrogens with one attached hydrogen (secondary N) is 3. The van der Waals surface area contributed by atoms with Crippen molar-refractivity contribution in [3.8, 4) is 11.4 Å². The molecule has 1 fully saturated rings. The Labute approximate surface area is 175 Å². The van der Waals surface area contributed by atoms with E-state index in [1.165, 1.54) is 18.7 Å². The Morgan fingerprint density at radius 2 is 1.94 bits per heavy atom. The zero-order valence-electron chi connectivity index (χ0n) is 15.8. The van der Waals surface area contributed by atoms with E-state index in [1.54, 1.807) is 12.1 Å². The molecule has 3 heterocycles. The van der Waals surface area contributed by atoms with E-state index in [-0.39, 0.29) is 17.3 Å². The zero-order valence-corrected chi connectivity index (χ0v) is 16.6. The number of hydrogen-bond donors (Lipinski definition) is 3. The van der Waals surface area contributed by atoms with Crippen LogP contribution in [0.5, 0.6) is 0 Å². The van der Waals surface area contributed by atoms with Gasteiger partial charge in [-0.15, -0.1) is 0 Å². The second-order valence-electron chi connectivity index (χ2n) is 6.98. The van der Waals surface area contributed by atoms with Gasteiger partial charge in [-0.2, -0.15) is 0 Å². The normalized spacial score (nSPS) is 14.0. The van der Waals surface area contributed by atoms with Crippen molar-refractivity contribution in [2.24, 2.45) is 0 Å². The van der Waals surface area contributed by atoms with Crippen molar-refractivity contribution in [3.63, 3.8) is 0 Å². The molecule has 1 aliphatic carbocycles. The fraction of sp³-hybridized carbons (Fsp3) is 0.158. The number of fused-ring (bicyclic) bond motifs is 1. The molecule has 3 N–H and O–H groups in total. The van der Waals surface area contributed by atoms with Crippen LogP contribution in [0.1, 0.15) is 12.8 Å². The summed E-state index contributed by atoms with van der Waals surface area (Å²) in [5.74, 6) is -1.63. The highest BCUT2D eigenvalue weighted by Gasteiger charge is 2.36. The highest BCUT2D eigenvalue weighted by Crippen LogP contribution is 2.34. The summed E-state index contributed by atoms with van der Waals surface area (Å²) in [6.45, 7) is 0. The van der Waals surface area contributed by atoms with Gasteiger partial charge in [-0.1, -0.05) is 0 Å². The molecule has 158 valence electrons. The quantitative estimate of drug-likeness (QED) is 0.417. The minimum absolute atomic E-state index is 0.0985. The summed E-state index contributed by atoms with van der Waals surface area (Å²) in [5.41, 5.74) is 0.562. The first kappa shape index (κ1) is 19.3. The second kappa shape index (κ2) is 7.23. The standard InChI is InChI=1S/C19H15F2N7O2S/c20-12-5-6-13(28-31(29,30)10-3-4-10)15(21)16(12)26-17-11(2-1-7-22-17)18-23-8-14-19(27-18)25-9-24-14/h1-2,5-10,28H,3-4H2,(H,22,26)(H,23,24,25,27). The summed E-state index contributed by atoms with van der Waals surface area (Å²) < 4.78 is 56.0. The summed E-state index contributed by atoms with van der Waals surface area (Å²) in [5, 5.41) is 2.07. The van der Waals surface area contributed by atoms with Gasteiger partial charge in [0.15, 0.2) is 17.3 Å². The van der Waals surface area contributed by atoms with E-state index < -0.39 is 32.6 Å². The number of hydrogen-bond acceptors (Lipinski definition) is 7. The predicted molar refractivity (Wildman–Crippen MR) is 110 cm³/mol. The van der Waals surface area contributed by atoms with Crippen LogP contribution in [0.4, 0.5) is 26.0 Å². The lowest BCUT2D eigenvalue weighted by Crippen LogP contribution is -2.18. The van der Waals surface area contributed by atoms with Crippen LogP contribution in [0.2, 0.25) is 0 Å². The van der Waals surface area contributed by atoms with Crippen LogP contribution in [-0.2, 0) is 10.0 Å². The molecule has 1 aliphatic rings. The molecule has 0 radical (unpaired) electrons. The molecule has 0 bridgehead atoms. The van der Waals surface area contributed by atoms with Gasteiger partial charge in [-0.25, -0.2) is 37.1 Å². The number of H-pyrrole nitrogens is 1. The van der Waals surface area contributed by atoms with Crippen LogP contribution < -0.4 is 10.0 Å². The van der Waals surface area contributed by atoms with Gasteiger partial charge < -0.3 is 10.3 Å². The van der Waals surface area contributed by atoms with E-state index >= 15 is 4.39 Å². The molecule has 0 atom stereocenters. The third kappa shape index (κ3) is 3.65. The van der Waals surface area contributed by atoms with E-state index in [2.05, 4.69) is 35.0 Å². The Kier molecular flexibility index (Phi) is 4.50. The van der Waals surface area contributed by atoms with Gasteiger partial charge in [0.1, 0.15) is 22.8 Å². The lowest BCUT2D eigenvalue weighted by Gasteiger charge is -2.14. The number of aromatic nitrogens is 5. The largest absolute Gasteiger partial charge is 0.335 e. The van der Waals surface area contributed by atoms with Gasteiger partial charge in [-0.05, 0) is 37.1 Å². The van der Waals surface area contributed by atoms with Gasteiger partial charge in [0.25, 0.3) is 0 Å². The molecule has 1 saturated carbocycles. The molecule has 0 spiro atoms. The van der Waals surface area contributed by atoms with Crippen LogP contribution in [0, 0.1) is 11.6 Å². The van der Waals surface area contributed by atoms with Crippen molar-refractivity contribution >= 4 is 38.4 Å². The Bertz CT molecular complexity index is 1400. The number of nitrogens with zero attached hydrogens (tertiary/aromatic N) is 4. The molecule has 3 aromatic heterocycles. The molecule has 4 aromatic rings. The third-order valence-electron chi connectivity index (χ3n) is 4.77. The lowest BCUT2D eigenvalue weighted by atomic mass is 10.2. The molecule has 9 nitrogen and oxygen atoms in total. The average molecular weight is 443 g/mol. The summed E-state index contributed by atoms with van der Waals surface area (Å²) in [7, 11) is -3.72. The SMILES string of the molecule is O=S(=O)(Nc1ccc(F)c(Nc2ncccc2-c2ncc3nc[nH]c3n2)c1F)C1CC1. The van der Waals surface area contributed by atoms with Crippen LogP contribution in [-0.4, -0.2) is 38.6 Å². The highest BCUT2D eigenvalue weighted by atomic mass is 32.2. The number of halogens is 2. The van der Waals surface area contributed by atoms with Crippen molar-refractivity contribution in [2.45, 2.75) is 18.1 Å². The average Bonchev–Trinajstić information content (AvgIpc) is 3.52. The minimum atomic E-state index is -3.72. The van der Waals surface area contributed by atoms with Gasteiger partial charge in [0, 0.05) is 6.20 Å². The van der Waals surface area contributed by atoms with Crippen molar-refractivity contribution in [2.75, 3.05) is 10.0 Å². The van der Waals surface area contributed by atoms with Crippen LogP contribution in [0.25, 0.3) is 22.6 Å². The summed E-state index contributed by atoms with van der Waals surface area (Å²) in [6, 6.07) is 5.30. The summed E-state index contributed by atoms with van der Waals surface area (Å²) >= 11 is 0. The molecule has 1 aromatic carbocycles. The number of aromatic amines is 1. The third-order valence-corrected chi connectivity index (χ3v) is 6.63. The Morgan fingerprint density at radius 3 is 2.74 bits per heavy atom. The fourth-order valence-corrected chi connectivity index (χ4v) is 4.42. The molecule has 0 aliphatic heterocycles. The molecular formula is C19H15F2N7O2S. The van der Waals surface area contributed by atoms with Crippen LogP contribution in [0.3, 0.4) is 0 Å². The second-order valence-corrected chi connectivity index (χ2v) is 8.95. The first-order valence-electron chi connectivity index (χ1n) is 9.30. The number of imidazole rings is 1. The Hall–Kier alpha value is -3.67. The van der Waals surface area contributed by atoms with E-state index in [1.807, 2.05) is 0 Å². The Balaban J connectivity index is 1.52. The number of pyridine rings is 1. The van der Waals surface area contributed by atoms with Gasteiger partial charge in [0.2, 0.25) is 10.0 Å². The van der Waals surface area contributed by atoms with Gasteiger partial charge >= 0.3 is 0 Å². The summed E-state index contributed by atoms with van der Waals surface area (Å²) in [4.78, 5) is 19.7. The van der Waals surface area contributed by atoms with E-state index in [9.17, 15) is 12.8 Å². The summed E-state index contributed by atoms with van der Waals surface area (Å²) in [6.07, 6.45) is 5.46. The highest BCUT2D eigenvalue weighted by molar-refractivity contribution is 7.93. The minimum Gasteiger partial charge on any atom is -0.335 e. The van der Waals surface area contributed by atoms with E-state index in [4.69, 9.17) is 0 Å². The molecular weight excluding hydrogens is 428 g/mol. The number of sulfonamides is 1. The van der Waals surface area contributed by atoms with Crippen LogP contribution in [0.15, 0.2) is 43.0 Å². The van der Waals surface area contributed by atoms with Crippen molar-refractivity contribution in [1.29, 1.82) is 0 Å². The smallest absolute Gasteiger partial charge is 0.235 e. The first-order chi connectivity index (χ1) is 14.9. The maximum atomic E-state index is 15.0. The number of benzene rings is 1. The van der Waals surface area contributed by atoms with Crippen molar-refractivity contribution in [1.82, 2.24) is 24.9 Å². The molecule has 12 heteroatoms. The van der Waals surface area contributed by atoms with Crippen molar-refractivity contribution in [3.05, 3.63) is 54.6 Å². The molecule has 31 heavy (non-hydrogen) atoms. The van der Waals surface area contributed by atoms with E-state index in [0.717, 1.165) is 12.1 Å².